The van der Waals surface area contributed by atoms with Crippen LogP contribution >= 0.6 is 11.3 Å². The fraction of sp³-hybridized carbons (Fsp3) is 0.286. The number of rotatable bonds is 0. The first-order valence-electron chi connectivity index (χ1n) is 3.06. The van der Waals surface area contributed by atoms with Gasteiger partial charge in [-0.1, -0.05) is 6.58 Å². The zero-order valence-electron chi connectivity index (χ0n) is 5.46. The van der Waals surface area contributed by atoms with E-state index in [1.54, 1.807) is 11.3 Å². The van der Waals surface area contributed by atoms with Gasteiger partial charge in [0.2, 0.25) is 0 Å². The summed E-state index contributed by atoms with van der Waals surface area (Å²) in [6.07, 6.45) is 0. The van der Waals surface area contributed by atoms with Crippen LogP contribution in [-0.2, 0) is 11.3 Å². The Kier molecular flexibility index (Phi) is 1.32. The molecule has 2 nitrogen and oxygen atoms in total. The minimum absolute atomic E-state index is 0.651. The first-order chi connectivity index (χ1) is 4.88. The number of ether oxygens (including phenoxy) is 1. The molecule has 1 aromatic rings. The van der Waals surface area contributed by atoms with E-state index < -0.39 is 0 Å². The van der Waals surface area contributed by atoms with Crippen molar-refractivity contribution >= 4 is 16.9 Å². The van der Waals surface area contributed by atoms with Crippen LogP contribution in [0.1, 0.15) is 10.6 Å². The number of hydrogen-bond acceptors (Lipinski definition) is 3. The maximum Gasteiger partial charge on any atom is 0.0907 e. The van der Waals surface area contributed by atoms with Gasteiger partial charge in [-0.15, -0.1) is 11.3 Å². The minimum atomic E-state index is 0.651. The summed E-state index contributed by atoms with van der Waals surface area (Å²) >= 11 is 1.64. The van der Waals surface area contributed by atoms with Crippen molar-refractivity contribution in [3.8, 4) is 0 Å². The van der Waals surface area contributed by atoms with Crippen LogP contribution in [0.5, 0.6) is 0 Å². The second-order valence-electron chi connectivity index (χ2n) is 2.22. The molecule has 3 heteroatoms. The third kappa shape index (κ3) is 0.786. The summed E-state index contributed by atoms with van der Waals surface area (Å²) in [4.78, 5) is 5.35. The Morgan fingerprint density at radius 1 is 1.60 bits per heavy atom. The van der Waals surface area contributed by atoms with E-state index in [9.17, 15) is 0 Å². The lowest BCUT2D eigenvalue weighted by Crippen LogP contribution is -2.05. The fourth-order valence-electron chi connectivity index (χ4n) is 0.996. The Morgan fingerprint density at radius 2 is 2.50 bits per heavy atom. The molecule has 0 atom stereocenters. The molecule has 0 N–H and O–H groups in total. The Balaban J connectivity index is 2.50. The largest absolute Gasteiger partial charge is 0.370 e. The van der Waals surface area contributed by atoms with Gasteiger partial charge in [-0.25, -0.2) is 4.98 Å². The normalized spacial score (nSPS) is 17.0. The van der Waals surface area contributed by atoms with Crippen LogP contribution in [0.3, 0.4) is 0 Å². The van der Waals surface area contributed by atoms with E-state index >= 15 is 0 Å². The maximum atomic E-state index is 5.21. The molecule has 52 valence electrons. The Bertz CT molecular complexity index is 266. The zero-order valence-corrected chi connectivity index (χ0v) is 6.28. The van der Waals surface area contributed by atoms with Crippen molar-refractivity contribution in [3.63, 3.8) is 0 Å². The molecule has 0 spiro atoms. The highest BCUT2D eigenvalue weighted by Gasteiger charge is 2.14. The first-order valence-corrected chi connectivity index (χ1v) is 3.94. The average Bonchev–Trinajstić information content (AvgIpc) is 2.36. The highest BCUT2D eigenvalue weighted by atomic mass is 32.1. The summed E-state index contributed by atoms with van der Waals surface area (Å²) in [5.41, 5.74) is 3.94. The first kappa shape index (κ1) is 6.07. The van der Waals surface area contributed by atoms with Gasteiger partial charge in [0.15, 0.2) is 0 Å². The van der Waals surface area contributed by atoms with Gasteiger partial charge >= 0.3 is 0 Å². The van der Waals surface area contributed by atoms with Crippen LogP contribution in [0.25, 0.3) is 5.57 Å². The SMILES string of the molecule is C=C1COCc2ncsc21. The van der Waals surface area contributed by atoms with Crippen molar-refractivity contribution in [2.75, 3.05) is 6.61 Å². The van der Waals surface area contributed by atoms with Gasteiger partial charge in [-0.3, -0.25) is 0 Å². The topological polar surface area (TPSA) is 22.1 Å². The predicted molar refractivity (Wildman–Crippen MR) is 40.8 cm³/mol. The van der Waals surface area contributed by atoms with E-state index in [0.717, 1.165) is 11.3 Å². The molecule has 0 fully saturated rings. The summed E-state index contributed by atoms with van der Waals surface area (Å²) < 4.78 is 5.21. The Hall–Kier alpha value is -0.670. The van der Waals surface area contributed by atoms with Crippen LogP contribution < -0.4 is 0 Å². The van der Waals surface area contributed by atoms with Gasteiger partial charge in [-0.2, -0.15) is 0 Å². The number of fused-ring (bicyclic) bond motifs is 1. The maximum absolute atomic E-state index is 5.21. The number of nitrogens with zero attached hydrogens (tertiary/aromatic N) is 1. The molecule has 1 aliphatic heterocycles. The lowest BCUT2D eigenvalue weighted by atomic mass is 10.2. The summed E-state index contributed by atoms with van der Waals surface area (Å²) in [7, 11) is 0. The molecule has 0 aromatic carbocycles. The molecule has 1 aliphatic rings. The van der Waals surface area contributed by atoms with Gasteiger partial charge in [0.05, 0.1) is 29.3 Å². The third-order valence-corrected chi connectivity index (χ3v) is 2.45. The zero-order chi connectivity index (χ0) is 6.97. The van der Waals surface area contributed by atoms with Crippen LogP contribution in [0.4, 0.5) is 0 Å². The predicted octanol–water partition coefficient (Wildman–Crippen LogP) is 1.69. The van der Waals surface area contributed by atoms with Gasteiger partial charge in [0.25, 0.3) is 0 Å². The van der Waals surface area contributed by atoms with E-state index in [0.29, 0.717) is 13.2 Å². The van der Waals surface area contributed by atoms with Crippen molar-refractivity contribution in [2.45, 2.75) is 6.61 Å². The summed E-state index contributed by atoms with van der Waals surface area (Å²) in [6, 6.07) is 0. The molecule has 0 bridgehead atoms. The summed E-state index contributed by atoms with van der Waals surface area (Å²) in [5.74, 6) is 0. The quantitative estimate of drug-likeness (QED) is 0.565. The van der Waals surface area contributed by atoms with Gasteiger partial charge in [0.1, 0.15) is 0 Å². The van der Waals surface area contributed by atoms with E-state index in [1.165, 1.54) is 4.88 Å². The van der Waals surface area contributed by atoms with Crippen LogP contribution in [-0.4, -0.2) is 11.6 Å². The third-order valence-electron chi connectivity index (χ3n) is 1.48. The van der Waals surface area contributed by atoms with E-state index in [-0.39, 0.29) is 0 Å². The standard InChI is InChI=1S/C7H7NOS/c1-5-2-9-3-6-7(5)10-4-8-6/h4H,1-3H2. The van der Waals surface area contributed by atoms with Crippen LogP contribution in [0, 0.1) is 0 Å². The molecule has 0 radical (unpaired) electrons. The molecule has 0 saturated carbocycles. The highest BCUT2D eigenvalue weighted by molar-refractivity contribution is 7.10. The second-order valence-corrected chi connectivity index (χ2v) is 3.08. The van der Waals surface area contributed by atoms with Crippen molar-refractivity contribution in [1.29, 1.82) is 0 Å². The van der Waals surface area contributed by atoms with Gasteiger partial charge in [0, 0.05) is 0 Å². The number of hydrogen-bond donors (Lipinski definition) is 0. The van der Waals surface area contributed by atoms with Crippen LogP contribution in [0.15, 0.2) is 12.1 Å². The monoisotopic (exact) mass is 153 g/mol. The van der Waals surface area contributed by atoms with Crippen molar-refractivity contribution in [3.05, 3.63) is 22.7 Å². The minimum Gasteiger partial charge on any atom is -0.370 e. The Labute approximate surface area is 63.2 Å². The molecular formula is C7H7NOS. The summed E-state index contributed by atoms with van der Waals surface area (Å²) in [5, 5.41) is 0. The second kappa shape index (κ2) is 2.18. The van der Waals surface area contributed by atoms with Gasteiger partial charge in [-0.05, 0) is 5.57 Å². The lowest BCUT2D eigenvalue weighted by Gasteiger charge is -2.12. The summed E-state index contributed by atoms with van der Waals surface area (Å²) in [6.45, 7) is 5.19. The molecule has 2 heterocycles. The molecule has 10 heavy (non-hydrogen) atoms. The molecule has 2 rings (SSSR count). The van der Waals surface area contributed by atoms with E-state index in [1.807, 2.05) is 5.51 Å². The molecule has 0 saturated heterocycles. The molecule has 1 aromatic heterocycles. The number of thiazole rings is 1. The van der Waals surface area contributed by atoms with Crippen LogP contribution in [0.2, 0.25) is 0 Å². The molecule has 0 aliphatic carbocycles. The average molecular weight is 153 g/mol. The highest BCUT2D eigenvalue weighted by Crippen LogP contribution is 2.26. The smallest absolute Gasteiger partial charge is 0.0907 e. The molecular weight excluding hydrogens is 146 g/mol. The number of aromatic nitrogens is 1. The molecule has 0 unspecified atom stereocenters. The van der Waals surface area contributed by atoms with Crippen molar-refractivity contribution < 1.29 is 4.74 Å². The van der Waals surface area contributed by atoms with Crippen molar-refractivity contribution in [1.82, 2.24) is 4.98 Å². The lowest BCUT2D eigenvalue weighted by molar-refractivity contribution is 0.144. The van der Waals surface area contributed by atoms with E-state index in [4.69, 9.17) is 4.74 Å². The van der Waals surface area contributed by atoms with Crippen molar-refractivity contribution in [2.24, 2.45) is 0 Å². The van der Waals surface area contributed by atoms with E-state index in [2.05, 4.69) is 11.6 Å². The Morgan fingerprint density at radius 3 is 3.30 bits per heavy atom. The molecule has 0 amide bonds. The van der Waals surface area contributed by atoms with Gasteiger partial charge < -0.3 is 4.74 Å². The fourth-order valence-corrected chi connectivity index (χ4v) is 1.75.